The second-order valence-electron chi connectivity index (χ2n) is 11.5. The molecule has 2 aromatic heterocycles. The summed E-state index contributed by atoms with van der Waals surface area (Å²) in [6.45, 7) is 8.07. The zero-order valence-electron chi connectivity index (χ0n) is 27.2. The van der Waals surface area contributed by atoms with Crippen molar-refractivity contribution in [3.8, 4) is 23.2 Å². The molecule has 9 nitrogen and oxygen atoms in total. The average molecular weight is 693 g/mol. The number of carbonyl (C=O) groups excluding carboxylic acids is 1. The highest BCUT2D eigenvalue weighted by atomic mass is 19.4. The number of amides is 1. The average Bonchev–Trinajstić information content (AvgIpc) is 3.51. The van der Waals surface area contributed by atoms with Gasteiger partial charge in [0.15, 0.2) is 5.69 Å². The van der Waals surface area contributed by atoms with E-state index in [4.69, 9.17) is 18.6 Å². The fourth-order valence-electron chi connectivity index (χ4n) is 4.57. The van der Waals surface area contributed by atoms with E-state index in [1.54, 1.807) is 42.5 Å². The number of benzene rings is 2. The van der Waals surface area contributed by atoms with Gasteiger partial charge in [-0.3, -0.25) is 5.32 Å². The molecule has 0 aliphatic carbocycles. The molecule has 1 unspecified atom stereocenters. The van der Waals surface area contributed by atoms with Gasteiger partial charge in [-0.15, -0.1) is 10.2 Å². The summed E-state index contributed by atoms with van der Waals surface area (Å²) < 4.78 is 110. The van der Waals surface area contributed by atoms with E-state index >= 15 is 13.2 Å². The summed E-state index contributed by atoms with van der Waals surface area (Å²) in [4.78, 5) is 16.7. The lowest BCUT2D eigenvalue weighted by Crippen LogP contribution is -2.45. The third kappa shape index (κ3) is 8.76. The minimum absolute atomic E-state index is 0.0234. The number of nitrogens with zero attached hydrogens (tertiary/aromatic N) is 3. The van der Waals surface area contributed by atoms with E-state index in [-0.39, 0.29) is 12.2 Å². The number of allylic oxidation sites excluding steroid dienone is 1. The molecule has 0 fully saturated rings. The maximum atomic E-state index is 15.1. The van der Waals surface area contributed by atoms with Crippen molar-refractivity contribution in [2.75, 3.05) is 5.32 Å². The number of fused-ring (bicyclic) bond motifs is 6. The van der Waals surface area contributed by atoms with Gasteiger partial charge in [-0.1, -0.05) is 74.5 Å². The maximum Gasteiger partial charge on any atom is 0.426 e. The fourth-order valence-corrected chi connectivity index (χ4v) is 4.57. The number of halogens is 6. The van der Waals surface area contributed by atoms with Crippen LogP contribution >= 0.6 is 0 Å². The van der Waals surface area contributed by atoms with Gasteiger partial charge in [0.2, 0.25) is 11.5 Å². The number of alkyl halides is 6. The summed E-state index contributed by atoms with van der Waals surface area (Å²) >= 11 is 0. The van der Waals surface area contributed by atoms with Crippen LogP contribution < -0.4 is 10.1 Å². The molecule has 1 aliphatic heterocycles. The van der Waals surface area contributed by atoms with E-state index in [0.717, 1.165) is 0 Å². The molecule has 262 valence electrons. The third-order valence-corrected chi connectivity index (χ3v) is 6.78. The number of aromatic nitrogens is 3. The largest absolute Gasteiger partial charge is 0.444 e. The summed E-state index contributed by atoms with van der Waals surface area (Å²) in [6, 6.07) is 14.6. The van der Waals surface area contributed by atoms with E-state index in [9.17, 15) is 18.0 Å². The Morgan fingerprint density at radius 3 is 2.27 bits per heavy atom. The number of rotatable bonds is 4. The molecule has 5 rings (SSSR count). The summed E-state index contributed by atoms with van der Waals surface area (Å²) in [6.07, 6.45) is -9.57. The topological polar surface area (TPSA) is 109 Å². The highest BCUT2D eigenvalue weighted by molar-refractivity contribution is 5.89. The van der Waals surface area contributed by atoms with Crippen LogP contribution in [0.4, 0.5) is 36.8 Å². The van der Waals surface area contributed by atoms with Gasteiger partial charge < -0.3 is 18.6 Å². The van der Waals surface area contributed by atoms with Gasteiger partial charge in [0.05, 0.1) is 12.3 Å². The number of hydrogen-bond donors (Lipinski definition) is 1. The predicted molar refractivity (Wildman–Crippen MR) is 167 cm³/mol. The number of hydrogen-bond acceptors (Lipinski definition) is 8. The Morgan fingerprint density at radius 1 is 0.939 bits per heavy atom. The van der Waals surface area contributed by atoms with Crippen LogP contribution in [0.2, 0.25) is 0 Å². The Balaban J connectivity index is 0.00000265. The molecule has 4 bridgehead atoms. The smallest absolute Gasteiger partial charge is 0.426 e. The molecule has 1 aliphatic rings. The van der Waals surface area contributed by atoms with Crippen LogP contribution in [0, 0.1) is 0 Å². The van der Waals surface area contributed by atoms with Gasteiger partial charge in [0.25, 0.3) is 11.8 Å². The molecule has 0 saturated heterocycles. The highest BCUT2D eigenvalue weighted by Gasteiger charge is 2.61. The van der Waals surface area contributed by atoms with E-state index < -0.39 is 77.3 Å². The molecular weight excluding hydrogens is 658 g/mol. The second-order valence-corrected chi connectivity index (χ2v) is 11.5. The molecule has 15 heteroatoms. The number of pyridine rings is 1. The lowest BCUT2D eigenvalue weighted by atomic mass is 9.97. The van der Waals surface area contributed by atoms with Crippen molar-refractivity contribution in [3.63, 3.8) is 0 Å². The van der Waals surface area contributed by atoms with Crippen molar-refractivity contribution in [2.45, 2.75) is 77.6 Å². The van der Waals surface area contributed by atoms with E-state index in [0.29, 0.717) is 17.2 Å². The summed E-state index contributed by atoms with van der Waals surface area (Å²) in [7, 11) is 0. The number of para-hydroxylation sites is 1. The molecule has 0 saturated carbocycles. The van der Waals surface area contributed by atoms with Gasteiger partial charge in [-0.2, -0.15) is 26.3 Å². The van der Waals surface area contributed by atoms with Crippen LogP contribution in [0.5, 0.6) is 11.6 Å². The molecule has 1 N–H and O–H groups in total. The molecule has 2 aromatic carbocycles. The second kappa shape index (κ2) is 14.7. The number of anilines is 1. The molecule has 1 amide bonds. The first kappa shape index (κ1) is 36.9. The van der Waals surface area contributed by atoms with Crippen LogP contribution in [0.3, 0.4) is 0 Å². The van der Waals surface area contributed by atoms with Crippen molar-refractivity contribution in [1.82, 2.24) is 15.2 Å². The Morgan fingerprint density at radius 2 is 1.61 bits per heavy atom. The lowest BCUT2D eigenvalue weighted by molar-refractivity contribution is -0.295. The quantitative estimate of drug-likeness (QED) is 0.166. The van der Waals surface area contributed by atoms with Crippen molar-refractivity contribution < 1.29 is 49.8 Å². The molecule has 49 heavy (non-hydrogen) atoms. The number of nitrogens with one attached hydrogen (secondary N) is 1. The van der Waals surface area contributed by atoms with E-state index in [1.807, 2.05) is 13.8 Å². The molecule has 3 heterocycles. The van der Waals surface area contributed by atoms with Gasteiger partial charge in [0.1, 0.15) is 16.9 Å². The zero-order chi connectivity index (χ0) is 36.0. The van der Waals surface area contributed by atoms with Crippen LogP contribution in [0.15, 0.2) is 77.2 Å². The Kier molecular flexibility index (Phi) is 11.1. The third-order valence-electron chi connectivity index (χ3n) is 6.78. The normalized spacial score (nSPS) is 17.0. The monoisotopic (exact) mass is 692 g/mol. The van der Waals surface area contributed by atoms with Crippen LogP contribution in [-0.4, -0.2) is 33.1 Å². The Labute approximate surface area is 278 Å². The minimum Gasteiger partial charge on any atom is -0.444 e. The van der Waals surface area contributed by atoms with E-state index in [2.05, 4.69) is 20.5 Å². The first-order valence-electron chi connectivity index (χ1n) is 15.2. The Hall–Kier alpha value is -4.92. The highest BCUT2D eigenvalue weighted by Crippen LogP contribution is 2.47. The summed E-state index contributed by atoms with van der Waals surface area (Å²) in [5.41, 5.74) is -6.12. The van der Waals surface area contributed by atoms with Crippen molar-refractivity contribution in [2.24, 2.45) is 0 Å². The van der Waals surface area contributed by atoms with Gasteiger partial charge in [0, 0.05) is 6.42 Å². The lowest BCUT2D eigenvalue weighted by Gasteiger charge is -2.31. The maximum absolute atomic E-state index is 15.1. The molecule has 4 aromatic rings. The Bertz CT molecular complexity index is 1770. The van der Waals surface area contributed by atoms with Crippen LogP contribution in [-0.2, 0) is 34.3 Å². The van der Waals surface area contributed by atoms with Gasteiger partial charge >= 0.3 is 18.4 Å². The first-order chi connectivity index (χ1) is 23.1. The van der Waals surface area contributed by atoms with Crippen molar-refractivity contribution >= 4 is 11.8 Å². The van der Waals surface area contributed by atoms with Crippen molar-refractivity contribution in [1.29, 1.82) is 0 Å². The molecule has 1 atom stereocenters. The summed E-state index contributed by atoms with van der Waals surface area (Å²) in [5, 5.41) is 9.52. The molecular formula is C34H34F6N4O5. The number of ether oxygens (including phenoxy) is 3. The fraction of sp³-hybridized carbons (Fsp3) is 0.353. The molecule has 0 radical (unpaired) electrons. The number of carbonyl (C=O) groups is 1. The van der Waals surface area contributed by atoms with Crippen molar-refractivity contribution in [3.05, 3.63) is 95.4 Å². The van der Waals surface area contributed by atoms with Gasteiger partial charge in [-0.25, -0.2) is 9.78 Å². The minimum atomic E-state index is -5.12. The molecule has 0 spiro atoms. The first-order valence-corrected chi connectivity index (χ1v) is 15.2. The van der Waals surface area contributed by atoms with Crippen LogP contribution in [0.1, 0.15) is 63.6 Å². The SMILES string of the molecule is CC.CC(C)(C)OC(=O)Nc1cc(C(F)(F)F)c2nc1-c1nnc(o1)C(OCc1ccccc1)(C(F)(F)F)C/C=C\Cc1ccccc1O2. The zero-order valence-corrected chi connectivity index (χ0v) is 27.2. The van der Waals surface area contributed by atoms with Gasteiger partial charge in [-0.05, 0) is 50.5 Å². The van der Waals surface area contributed by atoms with Crippen LogP contribution in [0.25, 0.3) is 11.6 Å². The van der Waals surface area contributed by atoms with E-state index in [1.165, 1.54) is 45.1 Å². The predicted octanol–water partition coefficient (Wildman–Crippen LogP) is 9.79. The standard InChI is InChI=1S/C32H28F6N4O5.C2H6/c1-29(2,3)47-28(43)39-22-17-21(31(33,34)35)25-40-24(22)26-41-42-27(46-26)30(32(36,37)38,44-18-19-11-5-4-6-12-19)16-10-9-14-20-13-7-8-15-23(20)45-25;1-2/h4-13,15,17H,14,16,18H2,1-3H3,(H,39,43);1-2H3/b10-9-;. The summed E-state index contributed by atoms with van der Waals surface area (Å²) in [5.74, 6) is -2.81.